The van der Waals surface area contributed by atoms with Crippen molar-refractivity contribution < 1.29 is 24.2 Å². The minimum atomic E-state index is -0.783. The van der Waals surface area contributed by atoms with E-state index < -0.39 is 18.1 Å². The van der Waals surface area contributed by atoms with Crippen LogP contribution in [0.2, 0.25) is 0 Å². The van der Waals surface area contributed by atoms with Gasteiger partial charge in [0, 0.05) is 25.4 Å². The Kier molecular flexibility index (Phi) is 6.96. The largest absolute Gasteiger partial charge is 0.481 e. The van der Waals surface area contributed by atoms with Gasteiger partial charge in [-0.05, 0) is 54.4 Å². The molecule has 0 bridgehead atoms. The number of aliphatic carboxylic acids is 1. The highest BCUT2D eigenvalue weighted by Crippen LogP contribution is 2.44. The summed E-state index contributed by atoms with van der Waals surface area (Å²) in [4.78, 5) is 37.7. The first-order valence-electron chi connectivity index (χ1n) is 11.6. The molecular weight excluding hydrogens is 420 g/mol. The molecule has 1 aliphatic heterocycles. The molecule has 7 heteroatoms. The van der Waals surface area contributed by atoms with Gasteiger partial charge < -0.3 is 20.1 Å². The summed E-state index contributed by atoms with van der Waals surface area (Å²) in [5.41, 5.74) is 4.61. The molecule has 1 saturated heterocycles. The zero-order valence-corrected chi connectivity index (χ0v) is 18.8. The normalized spacial score (nSPS) is 16.6. The molecule has 4 rings (SSSR count). The number of fused-ring (bicyclic) bond motifs is 3. The van der Waals surface area contributed by atoms with Gasteiger partial charge >= 0.3 is 12.1 Å². The summed E-state index contributed by atoms with van der Waals surface area (Å²) in [6.45, 7) is 3.04. The number of rotatable bonds is 7. The van der Waals surface area contributed by atoms with Crippen molar-refractivity contribution in [1.29, 1.82) is 0 Å². The predicted octanol–water partition coefficient (Wildman–Crippen LogP) is 4.02. The van der Waals surface area contributed by atoms with Crippen LogP contribution in [0.4, 0.5) is 4.79 Å². The van der Waals surface area contributed by atoms with Crippen molar-refractivity contribution in [2.24, 2.45) is 5.92 Å². The van der Waals surface area contributed by atoms with Crippen molar-refractivity contribution in [2.75, 3.05) is 19.7 Å². The highest BCUT2D eigenvalue weighted by molar-refractivity contribution is 5.85. The number of carboxylic acid groups (broad SMARTS) is 1. The number of ether oxygens (including phenoxy) is 1. The third-order valence-corrected chi connectivity index (χ3v) is 6.74. The van der Waals surface area contributed by atoms with Gasteiger partial charge in [-0.25, -0.2) is 4.79 Å². The van der Waals surface area contributed by atoms with E-state index in [0.29, 0.717) is 25.4 Å². The first-order valence-corrected chi connectivity index (χ1v) is 11.6. The quantitative estimate of drug-likeness (QED) is 0.664. The van der Waals surface area contributed by atoms with Gasteiger partial charge in [-0.3, -0.25) is 9.59 Å². The monoisotopic (exact) mass is 450 g/mol. The van der Waals surface area contributed by atoms with Crippen LogP contribution in [-0.4, -0.2) is 53.7 Å². The fourth-order valence-corrected chi connectivity index (χ4v) is 4.92. The van der Waals surface area contributed by atoms with Crippen LogP contribution in [0.5, 0.6) is 0 Å². The van der Waals surface area contributed by atoms with Gasteiger partial charge in [-0.15, -0.1) is 0 Å². The van der Waals surface area contributed by atoms with Crippen LogP contribution in [0, 0.1) is 5.92 Å². The van der Waals surface area contributed by atoms with E-state index in [0.717, 1.165) is 35.1 Å². The van der Waals surface area contributed by atoms with E-state index in [1.807, 2.05) is 24.3 Å². The first kappa shape index (κ1) is 22.8. The molecule has 174 valence electrons. The van der Waals surface area contributed by atoms with Crippen molar-refractivity contribution in [3.05, 3.63) is 59.7 Å². The lowest BCUT2D eigenvalue weighted by Crippen LogP contribution is -2.49. The molecule has 2 aromatic carbocycles. The molecule has 2 amide bonds. The zero-order chi connectivity index (χ0) is 23.4. The Morgan fingerprint density at radius 3 is 2.18 bits per heavy atom. The van der Waals surface area contributed by atoms with E-state index in [1.54, 1.807) is 11.8 Å². The second-order valence-corrected chi connectivity index (χ2v) is 8.89. The Labute approximate surface area is 193 Å². The summed E-state index contributed by atoms with van der Waals surface area (Å²) >= 11 is 0. The maximum atomic E-state index is 12.8. The van der Waals surface area contributed by atoms with Gasteiger partial charge in [0.15, 0.2) is 0 Å². The standard InChI is InChI=1S/C26H30N2O5/c1-17(25(31)28-14-12-18(13-15-28)10-11-24(29)30)27-26(32)33-16-23-21-8-4-2-6-19(21)20-7-3-5-9-22(20)23/h2-9,17-18,23H,10-16H2,1H3,(H,27,32)(H,29,30)/t17-/m0/s1. The van der Waals surface area contributed by atoms with Crippen molar-refractivity contribution in [3.8, 4) is 11.1 Å². The van der Waals surface area contributed by atoms with Crippen LogP contribution < -0.4 is 5.32 Å². The van der Waals surface area contributed by atoms with Gasteiger partial charge in [0.1, 0.15) is 12.6 Å². The van der Waals surface area contributed by atoms with Crippen molar-refractivity contribution in [2.45, 2.75) is 44.6 Å². The summed E-state index contributed by atoms with van der Waals surface area (Å²) in [6, 6.07) is 15.6. The lowest BCUT2D eigenvalue weighted by molar-refractivity contribution is -0.138. The van der Waals surface area contributed by atoms with Crippen LogP contribution in [0.15, 0.2) is 48.5 Å². The van der Waals surface area contributed by atoms with E-state index in [1.165, 1.54) is 0 Å². The van der Waals surface area contributed by atoms with Gasteiger partial charge in [-0.2, -0.15) is 0 Å². The number of nitrogens with one attached hydrogen (secondary N) is 1. The lowest BCUT2D eigenvalue weighted by atomic mass is 9.92. The van der Waals surface area contributed by atoms with Gasteiger partial charge in [-0.1, -0.05) is 48.5 Å². The molecular formula is C26H30N2O5. The van der Waals surface area contributed by atoms with E-state index in [-0.39, 0.29) is 24.9 Å². The fourth-order valence-electron chi connectivity index (χ4n) is 4.92. The molecule has 0 aromatic heterocycles. The summed E-state index contributed by atoms with van der Waals surface area (Å²) in [5.74, 6) is -0.621. The maximum Gasteiger partial charge on any atom is 0.407 e. The van der Waals surface area contributed by atoms with Crippen LogP contribution in [0.3, 0.4) is 0 Å². The van der Waals surface area contributed by atoms with E-state index in [9.17, 15) is 14.4 Å². The number of carboxylic acids is 1. The second-order valence-electron chi connectivity index (χ2n) is 8.89. The number of piperidine rings is 1. The van der Waals surface area contributed by atoms with Crippen LogP contribution >= 0.6 is 0 Å². The number of hydrogen-bond donors (Lipinski definition) is 2. The minimum Gasteiger partial charge on any atom is -0.481 e. The minimum absolute atomic E-state index is 0.0287. The molecule has 33 heavy (non-hydrogen) atoms. The number of amides is 2. The number of nitrogens with zero attached hydrogens (tertiary/aromatic N) is 1. The van der Waals surface area contributed by atoms with Crippen molar-refractivity contribution in [3.63, 3.8) is 0 Å². The average Bonchev–Trinajstić information content (AvgIpc) is 3.15. The number of alkyl carbamates (subject to hydrolysis) is 1. The summed E-state index contributed by atoms with van der Waals surface area (Å²) in [5, 5.41) is 11.5. The Hall–Kier alpha value is -3.35. The second kappa shape index (κ2) is 10.1. The number of hydrogen-bond acceptors (Lipinski definition) is 4. The number of likely N-dealkylation sites (tertiary alicyclic amines) is 1. The Balaban J connectivity index is 1.27. The summed E-state index contributed by atoms with van der Waals surface area (Å²) < 4.78 is 5.54. The molecule has 7 nitrogen and oxygen atoms in total. The first-order chi connectivity index (χ1) is 15.9. The predicted molar refractivity (Wildman–Crippen MR) is 124 cm³/mol. The molecule has 0 unspecified atom stereocenters. The third-order valence-electron chi connectivity index (χ3n) is 6.74. The molecule has 1 atom stereocenters. The van der Waals surface area contributed by atoms with Crippen LogP contribution in [0.25, 0.3) is 11.1 Å². The smallest absolute Gasteiger partial charge is 0.407 e. The number of carbonyl (C=O) groups excluding carboxylic acids is 2. The molecule has 0 spiro atoms. The molecule has 1 heterocycles. The molecule has 0 radical (unpaired) electrons. The van der Waals surface area contributed by atoms with Crippen LogP contribution in [-0.2, 0) is 14.3 Å². The van der Waals surface area contributed by atoms with Gasteiger partial charge in [0.05, 0.1) is 0 Å². The third kappa shape index (κ3) is 5.18. The highest BCUT2D eigenvalue weighted by atomic mass is 16.5. The average molecular weight is 451 g/mol. The molecule has 2 N–H and O–H groups in total. The van der Waals surface area contributed by atoms with E-state index in [4.69, 9.17) is 9.84 Å². The van der Waals surface area contributed by atoms with Gasteiger partial charge in [0.25, 0.3) is 0 Å². The Morgan fingerprint density at radius 2 is 1.61 bits per heavy atom. The molecule has 2 aliphatic rings. The lowest BCUT2D eigenvalue weighted by Gasteiger charge is -2.33. The van der Waals surface area contributed by atoms with Crippen molar-refractivity contribution >= 4 is 18.0 Å². The maximum absolute atomic E-state index is 12.8. The van der Waals surface area contributed by atoms with Crippen molar-refractivity contribution in [1.82, 2.24) is 10.2 Å². The molecule has 1 fully saturated rings. The molecule has 1 aliphatic carbocycles. The molecule has 0 saturated carbocycles. The number of benzene rings is 2. The fraction of sp³-hybridized carbons (Fsp3) is 0.423. The summed E-state index contributed by atoms with van der Waals surface area (Å²) in [6.07, 6.45) is 1.78. The van der Waals surface area contributed by atoms with E-state index in [2.05, 4.69) is 29.6 Å². The van der Waals surface area contributed by atoms with Crippen LogP contribution in [0.1, 0.15) is 49.7 Å². The highest BCUT2D eigenvalue weighted by Gasteiger charge is 2.30. The summed E-state index contributed by atoms with van der Waals surface area (Å²) in [7, 11) is 0. The zero-order valence-electron chi connectivity index (χ0n) is 18.8. The SMILES string of the molecule is C[C@H](NC(=O)OCC1c2ccccc2-c2ccccc21)C(=O)N1CCC(CCC(=O)O)CC1. The topological polar surface area (TPSA) is 95.9 Å². The molecule has 2 aromatic rings. The number of carbonyl (C=O) groups is 3. The Bertz CT molecular complexity index is 983. The van der Waals surface area contributed by atoms with E-state index >= 15 is 0 Å². The Morgan fingerprint density at radius 1 is 1.03 bits per heavy atom. The van der Waals surface area contributed by atoms with Gasteiger partial charge in [0.2, 0.25) is 5.91 Å².